The maximum atomic E-state index is 11.8. The lowest BCUT2D eigenvalue weighted by molar-refractivity contribution is -0.122. The SMILES string of the molecule is COCCNC(=O)CN(C)C1CNc2ccccc2C1. The first-order chi connectivity index (χ1) is 9.70. The fraction of sp³-hybridized carbons (Fsp3) is 0.533. The van der Waals surface area contributed by atoms with Gasteiger partial charge in [-0.15, -0.1) is 0 Å². The molecule has 20 heavy (non-hydrogen) atoms. The topological polar surface area (TPSA) is 53.6 Å². The zero-order valence-electron chi connectivity index (χ0n) is 12.2. The molecule has 1 aromatic carbocycles. The number of fused-ring (bicyclic) bond motifs is 1. The van der Waals surface area contributed by atoms with E-state index in [1.165, 1.54) is 11.3 Å². The van der Waals surface area contributed by atoms with Crippen LogP contribution < -0.4 is 10.6 Å². The summed E-state index contributed by atoms with van der Waals surface area (Å²) in [4.78, 5) is 13.9. The maximum absolute atomic E-state index is 11.8. The van der Waals surface area contributed by atoms with Crippen LogP contribution in [0.2, 0.25) is 0 Å². The van der Waals surface area contributed by atoms with Crippen molar-refractivity contribution in [3.8, 4) is 0 Å². The van der Waals surface area contributed by atoms with Crippen molar-refractivity contribution >= 4 is 11.6 Å². The Bertz CT molecular complexity index is 450. The number of carbonyl (C=O) groups excluding carboxylic acids is 1. The molecule has 0 spiro atoms. The number of nitrogens with zero attached hydrogens (tertiary/aromatic N) is 1. The minimum atomic E-state index is 0.0448. The number of methoxy groups -OCH3 is 1. The van der Waals surface area contributed by atoms with Crippen LogP contribution in [0.4, 0.5) is 5.69 Å². The van der Waals surface area contributed by atoms with Crippen LogP contribution in [0, 0.1) is 0 Å². The van der Waals surface area contributed by atoms with Gasteiger partial charge in [0.05, 0.1) is 13.2 Å². The van der Waals surface area contributed by atoms with Crippen molar-refractivity contribution in [1.82, 2.24) is 10.2 Å². The van der Waals surface area contributed by atoms with Gasteiger partial charge in [-0.1, -0.05) is 18.2 Å². The minimum Gasteiger partial charge on any atom is -0.383 e. The molecule has 0 fully saturated rings. The third kappa shape index (κ3) is 3.95. The fourth-order valence-electron chi connectivity index (χ4n) is 2.44. The first-order valence-electron chi connectivity index (χ1n) is 6.98. The summed E-state index contributed by atoms with van der Waals surface area (Å²) < 4.78 is 4.91. The van der Waals surface area contributed by atoms with Crippen LogP contribution in [0.15, 0.2) is 24.3 Å². The molecule has 0 aliphatic carbocycles. The number of likely N-dealkylation sites (N-methyl/N-ethyl adjacent to an activating group) is 1. The highest BCUT2D eigenvalue weighted by Crippen LogP contribution is 2.22. The summed E-state index contributed by atoms with van der Waals surface area (Å²) in [5, 5.41) is 6.27. The molecule has 2 rings (SSSR count). The summed E-state index contributed by atoms with van der Waals surface area (Å²) >= 11 is 0. The Morgan fingerprint density at radius 2 is 2.30 bits per heavy atom. The molecule has 1 aliphatic heterocycles. The second-order valence-corrected chi connectivity index (χ2v) is 5.15. The van der Waals surface area contributed by atoms with E-state index in [0.29, 0.717) is 25.7 Å². The standard InChI is InChI=1S/C15H23N3O2/c1-18(11-15(19)16-7-8-20-2)13-9-12-5-3-4-6-14(12)17-10-13/h3-6,13,17H,7-11H2,1-2H3,(H,16,19). The molecule has 5 heteroatoms. The zero-order valence-corrected chi connectivity index (χ0v) is 12.2. The molecule has 1 atom stereocenters. The van der Waals surface area contributed by atoms with E-state index in [9.17, 15) is 4.79 Å². The Morgan fingerprint density at radius 3 is 3.10 bits per heavy atom. The minimum absolute atomic E-state index is 0.0448. The van der Waals surface area contributed by atoms with E-state index in [4.69, 9.17) is 4.74 Å². The predicted molar refractivity (Wildman–Crippen MR) is 79.9 cm³/mol. The summed E-state index contributed by atoms with van der Waals surface area (Å²) in [7, 11) is 3.62. The number of anilines is 1. The maximum Gasteiger partial charge on any atom is 0.234 e. The highest BCUT2D eigenvalue weighted by molar-refractivity contribution is 5.78. The average Bonchev–Trinajstić information content (AvgIpc) is 2.47. The first kappa shape index (κ1) is 14.8. The van der Waals surface area contributed by atoms with Crippen molar-refractivity contribution in [2.75, 3.05) is 45.7 Å². The van der Waals surface area contributed by atoms with Crippen molar-refractivity contribution < 1.29 is 9.53 Å². The number of ether oxygens (including phenoxy) is 1. The molecule has 0 bridgehead atoms. The molecular weight excluding hydrogens is 254 g/mol. The summed E-state index contributed by atoms with van der Waals surface area (Å²) in [5.74, 6) is 0.0448. The third-order valence-corrected chi connectivity index (χ3v) is 3.65. The van der Waals surface area contributed by atoms with Crippen molar-refractivity contribution in [2.24, 2.45) is 0 Å². The molecule has 0 saturated heterocycles. The van der Waals surface area contributed by atoms with Gasteiger partial charge in [-0.3, -0.25) is 9.69 Å². The van der Waals surface area contributed by atoms with Gasteiger partial charge in [0, 0.05) is 31.9 Å². The van der Waals surface area contributed by atoms with Gasteiger partial charge in [-0.2, -0.15) is 0 Å². The Kier molecular flexibility index (Phi) is 5.38. The number of hydrogen-bond acceptors (Lipinski definition) is 4. The van der Waals surface area contributed by atoms with E-state index in [-0.39, 0.29) is 5.91 Å². The number of rotatable bonds is 6. The summed E-state index contributed by atoms with van der Waals surface area (Å²) in [5.41, 5.74) is 2.53. The molecule has 0 aromatic heterocycles. The Hall–Kier alpha value is -1.59. The second-order valence-electron chi connectivity index (χ2n) is 5.15. The number of nitrogens with one attached hydrogen (secondary N) is 2. The van der Waals surface area contributed by atoms with Gasteiger partial charge in [-0.25, -0.2) is 0 Å². The molecule has 1 aromatic rings. The Labute approximate surface area is 120 Å². The normalized spacial score (nSPS) is 17.4. The Balaban J connectivity index is 1.82. The van der Waals surface area contributed by atoms with Crippen LogP contribution in [0.1, 0.15) is 5.56 Å². The van der Waals surface area contributed by atoms with Gasteiger partial charge in [-0.05, 0) is 25.1 Å². The fourth-order valence-corrected chi connectivity index (χ4v) is 2.44. The van der Waals surface area contributed by atoms with Crippen LogP contribution in [0.25, 0.3) is 0 Å². The number of hydrogen-bond donors (Lipinski definition) is 2. The lowest BCUT2D eigenvalue weighted by atomic mass is 9.99. The molecule has 1 aliphatic rings. The van der Waals surface area contributed by atoms with Crippen LogP contribution in [0.3, 0.4) is 0 Å². The van der Waals surface area contributed by atoms with Gasteiger partial charge in [0.15, 0.2) is 0 Å². The largest absolute Gasteiger partial charge is 0.383 e. The molecule has 1 unspecified atom stereocenters. The van der Waals surface area contributed by atoms with Crippen molar-refractivity contribution in [1.29, 1.82) is 0 Å². The van der Waals surface area contributed by atoms with Crippen molar-refractivity contribution in [2.45, 2.75) is 12.5 Å². The smallest absolute Gasteiger partial charge is 0.234 e. The van der Waals surface area contributed by atoms with E-state index in [2.05, 4.69) is 33.7 Å². The second kappa shape index (κ2) is 7.26. The molecule has 0 radical (unpaired) electrons. The monoisotopic (exact) mass is 277 g/mol. The zero-order chi connectivity index (χ0) is 14.4. The van der Waals surface area contributed by atoms with E-state index < -0.39 is 0 Å². The predicted octanol–water partition coefficient (Wildman–Crippen LogP) is 0.718. The number of carbonyl (C=O) groups is 1. The third-order valence-electron chi connectivity index (χ3n) is 3.65. The van der Waals surface area contributed by atoms with Crippen LogP contribution in [-0.2, 0) is 16.0 Å². The van der Waals surface area contributed by atoms with Gasteiger partial charge < -0.3 is 15.4 Å². The highest BCUT2D eigenvalue weighted by Gasteiger charge is 2.22. The summed E-state index contributed by atoms with van der Waals surface area (Å²) in [6, 6.07) is 8.68. The van der Waals surface area contributed by atoms with Gasteiger partial charge in [0.1, 0.15) is 0 Å². The lowest BCUT2D eigenvalue weighted by Crippen LogP contribution is -2.46. The quantitative estimate of drug-likeness (QED) is 0.752. The number of para-hydroxylation sites is 1. The van der Waals surface area contributed by atoms with Crippen molar-refractivity contribution in [3.05, 3.63) is 29.8 Å². The van der Waals surface area contributed by atoms with E-state index >= 15 is 0 Å². The molecular formula is C15H23N3O2. The van der Waals surface area contributed by atoms with Gasteiger partial charge in [0.25, 0.3) is 0 Å². The molecule has 1 heterocycles. The van der Waals surface area contributed by atoms with Crippen LogP contribution >= 0.6 is 0 Å². The molecule has 0 saturated carbocycles. The van der Waals surface area contributed by atoms with Crippen LogP contribution in [-0.4, -0.2) is 57.2 Å². The molecule has 5 nitrogen and oxygen atoms in total. The van der Waals surface area contributed by atoms with Gasteiger partial charge in [0.2, 0.25) is 5.91 Å². The van der Waals surface area contributed by atoms with E-state index in [1.54, 1.807) is 7.11 Å². The summed E-state index contributed by atoms with van der Waals surface area (Å²) in [6.07, 6.45) is 0.977. The number of amides is 1. The van der Waals surface area contributed by atoms with E-state index in [1.807, 2.05) is 13.1 Å². The van der Waals surface area contributed by atoms with Gasteiger partial charge >= 0.3 is 0 Å². The molecule has 110 valence electrons. The first-order valence-corrected chi connectivity index (χ1v) is 6.98. The summed E-state index contributed by atoms with van der Waals surface area (Å²) in [6.45, 7) is 2.40. The van der Waals surface area contributed by atoms with E-state index in [0.717, 1.165) is 13.0 Å². The van der Waals surface area contributed by atoms with Crippen LogP contribution in [0.5, 0.6) is 0 Å². The molecule has 2 N–H and O–H groups in total. The molecule has 1 amide bonds. The number of benzene rings is 1. The lowest BCUT2D eigenvalue weighted by Gasteiger charge is -2.32. The average molecular weight is 277 g/mol. The highest BCUT2D eigenvalue weighted by atomic mass is 16.5. The van der Waals surface area contributed by atoms with Crippen molar-refractivity contribution in [3.63, 3.8) is 0 Å². The Morgan fingerprint density at radius 1 is 1.50 bits per heavy atom.